The summed E-state index contributed by atoms with van der Waals surface area (Å²) in [4.78, 5) is 24.5. The molecule has 2 aromatic heterocycles. The molecule has 5 nitrogen and oxygen atoms in total. The summed E-state index contributed by atoms with van der Waals surface area (Å²) in [5, 5.41) is 0.895. The number of H-pyrrole nitrogens is 1. The highest BCUT2D eigenvalue weighted by molar-refractivity contribution is 6.05. The van der Waals surface area contributed by atoms with Crippen LogP contribution in [0.3, 0.4) is 0 Å². The molecular formula is C25H22F2N4O. The summed E-state index contributed by atoms with van der Waals surface area (Å²) in [6.07, 6.45) is 5.11. The number of halogens is 2. The zero-order valence-electron chi connectivity index (χ0n) is 17.3. The van der Waals surface area contributed by atoms with Gasteiger partial charge in [-0.25, -0.2) is 8.78 Å². The van der Waals surface area contributed by atoms with E-state index in [1.807, 2.05) is 23.1 Å². The van der Waals surface area contributed by atoms with Crippen LogP contribution in [-0.2, 0) is 0 Å². The molecule has 162 valence electrons. The van der Waals surface area contributed by atoms with E-state index in [0.717, 1.165) is 22.0 Å². The van der Waals surface area contributed by atoms with Gasteiger partial charge in [-0.15, -0.1) is 0 Å². The lowest BCUT2D eigenvalue weighted by Crippen LogP contribution is -2.50. The van der Waals surface area contributed by atoms with E-state index in [-0.39, 0.29) is 23.6 Å². The van der Waals surface area contributed by atoms with Crippen LogP contribution in [0.15, 0.2) is 73.2 Å². The van der Waals surface area contributed by atoms with E-state index in [1.54, 1.807) is 30.7 Å². The van der Waals surface area contributed by atoms with E-state index in [4.69, 9.17) is 0 Å². The summed E-state index contributed by atoms with van der Waals surface area (Å²) < 4.78 is 28.0. The van der Waals surface area contributed by atoms with Crippen LogP contribution in [0.25, 0.3) is 10.9 Å². The average molecular weight is 432 g/mol. The van der Waals surface area contributed by atoms with Crippen LogP contribution in [0.5, 0.6) is 0 Å². The lowest BCUT2D eigenvalue weighted by molar-refractivity contribution is 0.0598. The molecule has 1 saturated heterocycles. The van der Waals surface area contributed by atoms with Crippen molar-refractivity contribution in [3.63, 3.8) is 0 Å². The molecule has 0 saturated carbocycles. The van der Waals surface area contributed by atoms with Crippen molar-refractivity contribution in [1.29, 1.82) is 0 Å². The second kappa shape index (κ2) is 8.51. The molecule has 4 aromatic rings. The predicted molar refractivity (Wildman–Crippen MR) is 118 cm³/mol. The van der Waals surface area contributed by atoms with Gasteiger partial charge in [0.15, 0.2) is 0 Å². The number of carbonyl (C=O) groups is 1. The highest BCUT2D eigenvalue weighted by Crippen LogP contribution is 2.31. The fraction of sp³-hybridized carbons (Fsp3) is 0.200. The summed E-state index contributed by atoms with van der Waals surface area (Å²) in [5.74, 6) is -0.730. The van der Waals surface area contributed by atoms with Gasteiger partial charge in [0, 0.05) is 50.2 Å². The highest BCUT2D eigenvalue weighted by Gasteiger charge is 2.29. The average Bonchev–Trinajstić information content (AvgIpc) is 3.29. The largest absolute Gasteiger partial charge is 0.360 e. The molecule has 1 amide bonds. The zero-order chi connectivity index (χ0) is 22.1. The SMILES string of the molecule is O=C(c1cncc2cc[nH]c12)N1CCN(C(c2cccc(F)c2)c2cccc(F)c2)CC1. The molecular weight excluding hydrogens is 410 g/mol. The van der Waals surface area contributed by atoms with E-state index in [1.165, 1.54) is 24.3 Å². The van der Waals surface area contributed by atoms with Gasteiger partial charge in [-0.05, 0) is 41.5 Å². The maximum atomic E-state index is 14.0. The number of benzene rings is 2. The Morgan fingerprint density at radius 2 is 1.56 bits per heavy atom. The van der Waals surface area contributed by atoms with Crippen molar-refractivity contribution >= 4 is 16.8 Å². The molecule has 0 atom stereocenters. The van der Waals surface area contributed by atoms with Crippen molar-refractivity contribution < 1.29 is 13.6 Å². The molecule has 32 heavy (non-hydrogen) atoms. The molecule has 1 aliphatic rings. The number of fused-ring (bicyclic) bond motifs is 1. The quantitative estimate of drug-likeness (QED) is 0.521. The van der Waals surface area contributed by atoms with Gasteiger partial charge in [0.2, 0.25) is 0 Å². The fourth-order valence-electron chi connectivity index (χ4n) is 4.46. The van der Waals surface area contributed by atoms with E-state index in [9.17, 15) is 13.6 Å². The van der Waals surface area contributed by atoms with Crippen molar-refractivity contribution in [3.05, 3.63) is 102 Å². The molecule has 2 aromatic carbocycles. The first kappa shape index (κ1) is 20.3. The number of carbonyl (C=O) groups excluding carboxylic acids is 1. The number of amides is 1. The van der Waals surface area contributed by atoms with Crippen LogP contribution < -0.4 is 0 Å². The van der Waals surface area contributed by atoms with Crippen molar-refractivity contribution in [1.82, 2.24) is 19.8 Å². The molecule has 7 heteroatoms. The number of hydrogen-bond acceptors (Lipinski definition) is 3. The third-order valence-corrected chi connectivity index (χ3v) is 5.99. The number of pyridine rings is 1. The second-order valence-electron chi connectivity index (χ2n) is 7.97. The smallest absolute Gasteiger partial charge is 0.257 e. The lowest BCUT2D eigenvalue weighted by atomic mass is 9.96. The minimum Gasteiger partial charge on any atom is -0.360 e. The summed E-state index contributed by atoms with van der Waals surface area (Å²) in [5.41, 5.74) is 2.85. The molecule has 1 fully saturated rings. The first-order chi connectivity index (χ1) is 15.6. The number of aromatic amines is 1. The number of aromatic nitrogens is 2. The number of nitrogens with one attached hydrogen (secondary N) is 1. The maximum Gasteiger partial charge on any atom is 0.257 e. The summed E-state index contributed by atoms with van der Waals surface area (Å²) in [7, 11) is 0. The van der Waals surface area contributed by atoms with E-state index < -0.39 is 0 Å². The first-order valence-electron chi connectivity index (χ1n) is 10.6. The van der Waals surface area contributed by atoms with Crippen LogP contribution in [0.2, 0.25) is 0 Å². The number of hydrogen-bond donors (Lipinski definition) is 1. The van der Waals surface area contributed by atoms with Crippen LogP contribution in [0.4, 0.5) is 8.78 Å². The maximum absolute atomic E-state index is 14.0. The molecule has 0 aliphatic carbocycles. The Bertz CT molecular complexity index is 1220. The molecule has 0 bridgehead atoms. The van der Waals surface area contributed by atoms with Crippen molar-refractivity contribution in [2.45, 2.75) is 6.04 Å². The molecule has 5 rings (SSSR count). The minimum atomic E-state index is -0.329. The Morgan fingerprint density at radius 3 is 2.19 bits per heavy atom. The second-order valence-corrected chi connectivity index (χ2v) is 7.97. The normalized spacial score (nSPS) is 14.9. The van der Waals surface area contributed by atoms with Crippen LogP contribution >= 0.6 is 0 Å². The van der Waals surface area contributed by atoms with Gasteiger partial charge in [0.1, 0.15) is 11.6 Å². The van der Waals surface area contributed by atoms with Gasteiger partial charge in [0.25, 0.3) is 5.91 Å². The molecule has 0 spiro atoms. The topological polar surface area (TPSA) is 52.2 Å². The summed E-state index contributed by atoms with van der Waals surface area (Å²) >= 11 is 0. The molecule has 0 radical (unpaired) electrons. The van der Waals surface area contributed by atoms with Crippen LogP contribution in [0, 0.1) is 11.6 Å². The Morgan fingerprint density at radius 1 is 0.906 bits per heavy atom. The Hall–Kier alpha value is -3.58. The number of nitrogens with zero attached hydrogens (tertiary/aromatic N) is 3. The summed E-state index contributed by atoms with van der Waals surface area (Å²) in [6, 6.07) is 14.4. The number of piperazine rings is 1. The standard InChI is InChI=1S/C25H22F2N4O/c26-20-5-1-3-17(13-20)24(18-4-2-6-21(27)14-18)30-9-11-31(12-10-30)25(32)22-16-28-15-19-7-8-29-23(19)22/h1-8,13-16,24,29H,9-12H2. The minimum absolute atomic E-state index is 0.0711. The summed E-state index contributed by atoms with van der Waals surface area (Å²) in [6.45, 7) is 2.18. The third-order valence-electron chi connectivity index (χ3n) is 5.99. The van der Waals surface area contributed by atoms with Gasteiger partial charge >= 0.3 is 0 Å². The highest BCUT2D eigenvalue weighted by atomic mass is 19.1. The molecule has 0 unspecified atom stereocenters. The number of rotatable bonds is 4. The van der Waals surface area contributed by atoms with Gasteiger partial charge < -0.3 is 9.88 Å². The van der Waals surface area contributed by atoms with Gasteiger partial charge in [-0.1, -0.05) is 24.3 Å². The van der Waals surface area contributed by atoms with Crippen molar-refractivity contribution in [2.24, 2.45) is 0 Å². The monoisotopic (exact) mass is 432 g/mol. The van der Waals surface area contributed by atoms with Crippen LogP contribution in [0.1, 0.15) is 27.5 Å². The van der Waals surface area contributed by atoms with Crippen LogP contribution in [-0.4, -0.2) is 51.9 Å². The first-order valence-corrected chi connectivity index (χ1v) is 10.6. The molecule has 1 N–H and O–H groups in total. The lowest BCUT2D eigenvalue weighted by Gasteiger charge is -2.39. The van der Waals surface area contributed by atoms with E-state index in [2.05, 4.69) is 14.9 Å². The van der Waals surface area contributed by atoms with Gasteiger partial charge in [-0.3, -0.25) is 14.7 Å². The predicted octanol–water partition coefficient (Wildman–Crippen LogP) is 4.39. The zero-order valence-corrected chi connectivity index (χ0v) is 17.3. The van der Waals surface area contributed by atoms with Gasteiger partial charge in [-0.2, -0.15) is 0 Å². The third kappa shape index (κ3) is 3.87. The Kier molecular flexibility index (Phi) is 5.41. The Labute approximate surface area is 184 Å². The van der Waals surface area contributed by atoms with Crippen molar-refractivity contribution in [2.75, 3.05) is 26.2 Å². The molecule has 1 aliphatic heterocycles. The van der Waals surface area contributed by atoms with Gasteiger partial charge in [0.05, 0.1) is 17.1 Å². The van der Waals surface area contributed by atoms with Crippen molar-refractivity contribution in [3.8, 4) is 0 Å². The Balaban J connectivity index is 1.39. The van der Waals surface area contributed by atoms with E-state index in [0.29, 0.717) is 31.7 Å². The molecule has 3 heterocycles. The fourth-order valence-corrected chi connectivity index (χ4v) is 4.46. The van der Waals surface area contributed by atoms with E-state index >= 15 is 0 Å².